The van der Waals surface area contributed by atoms with Crippen molar-refractivity contribution in [3.05, 3.63) is 29.6 Å². The monoisotopic (exact) mass is 318 g/mol. The second kappa shape index (κ2) is 7.41. The SMILES string of the molecule is CN(C)CC(=O)N1CCN(Cc2ccc(C(C)(C)C)nc2)CC1. The Labute approximate surface area is 140 Å². The van der Waals surface area contributed by atoms with Crippen molar-refractivity contribution in [3.63, 3.8) is 0 Å². The van der Waals surface area contributed by atoms with Crippen LogP contribution in [-0.2, 0) is 16.8 Å². The van der Waals surface area contributed by atoms with Gasteiger partial charge in [-0.1, -0.05) is 26.8 Å². The number of likely N-dealkylation sites (N-methyl/N-ethyl adjacent to an activating group) is 1. The molecule has 0 radical (unpaired) electrons. The molecule has 0 aliphatic carbocycles. The van der Waals surface area contributed by atoms with Crippen molar-refractivity contribution in [2.75, 3.05) is 46.8 Å². The van der Waals surface area contributed by atoms with Gasteiger partial charge in [-0.05, 0) is 25.7 Å². The fourth-order valence-electron chi connectivity index (χ4n) is 2.75. The molecule has 1 aliphatic rings. The first-order valence-corrected chi connectivity index (χ1v) is 8.36. The lowest BCUT2D eigenvalue weighted by Crippen LogP contribution is -2.50. The molecule has 5 heteroatoms. The first kappa shape index (κ1) is 17.9. The molecule has 23 heavy (non-hydrogen) atoms. The highest BCUT2D eigenvalue weighted by molar-refractivity contribution is 5.78. The predicted molar refractivity (Wildman–Crippen MR) is 93.3 cm³/mol. The summed E-state index contributed by atoms with van der Waals surface area (Å²) in [5.74, 6) is 0.228. The largest absolute Gasteiger partial charge is 0.339 e. The molecule has 0 N–H and O–H groups in total. The van der Waals surface area contributed by atoms with Gasteiger partial charge in [-0.25, -0.2) is 0 Å². The molecule has 0 spiro atoms. The van der Waals surface area contributed by atoms with Crippen molar-refractivity contribution in [2.24, 2.45) is 0 Å². The molecule has 128 valence electrons. The third-order valence-corrected chi connectivity index (χ3v) is 4.18. The third kappa shape index (κ3) is 5.29. The molecular weight excluding hydrogens is 288 g/mol. The maximum atomic E-state index is 12.1. The minimum Gasteiger partial charge on any atom is -0.339 e. The van der Waals surface area contributed by atoms with E-state index in [-0.39, 0.29) is 11.3 Å². The van der Waals surface area contributed by atoms with Gasteiger partial charge in [-0.3, -0.25) is 14.7 Å². The molecule has 2 heterocycles. The fourth-order valence-corrected chi connectivity index (χ4v) is 2.75. The minimum absolute atomic E-state index is 0.0942. The van der Waals surface area contributed by atoms with Gasteiger partial charge in [0.05, 0.1) is 6.54 Å². The van der Waals surface area contributed by atoms with Crippen molar-refractivity contribution in [1.82, 2.24) is 19.7 Å². The van der Waals surface area contributed by atoms with Gasteiger partial charge in [0.25, 0.3) is 0 Å². The summed E-state index contributed by atoms with van der Waals surface area (Å²) < 4.78 is 0. The Bertz CT molecular complexity index is 511. The van der Waals surface area contributed by atoms with Crippen molar-refractivity contribution < 1.29 is 4.79 Å². The maximum Gasteiger partial charge on any atom is 0.236 e. The van der Waals surface area contributed by atoms with Gasteiger partial charge in [0, 0.05) is 50.0 Å². The van der Waals surface area contributed by atoms with Crippen LogP contribution in [0.2, 0.25) is 0 Å². The summed E-state index contributed by atoms with van der Waals surface area (Å²) in [7, 11) is 3.87. The van der Waals surface area contributed by atoms with Gasteiger partial charge in [0.15, 0.2) is 0 Å². The van der Waals surface area contributed by atoms with Crippen LogP contribution in [0.1, 0.15) is 32.0 Å². The molecule has 0 aromatic carbocycles. The van der Waals surface area contributed by atoms with Crippen molar-refractivity contribution in [1.29, 1.82) is 0 Å². The van der Waals surface area contributed by atoms with Crippen molar-refractivity contribution in [3.8, 4) is 0 Å². The zero-order valence-corrected chi connectivity index (χ0v) is 15.2. The zero-order valence-electron chi connectivity index (χ0n) is 15.2. The molecule has 1 amide bonds. The van der Waals surface area contributed by atoms with Crippen LogP contribution in [0.3, 0.4) is 0 Å². The molecule has 0 unspecified atom stereocenters. The molecule has 2 rings (SSSR count). The zero-order chi connectivity index (χ0) is 17.0. The highest BCUT2D eigenvalue weighted by atomic mass is 16.2. The molecule has 1 aromatic heterocycles. The number of hydrogen-bond donors (Lipinski definition) is 0. The summed E-state index contributed by atoms with van der Waals surface area (Å²) >= 11 is 0. The lowest BCUT2D eigenvalue weighted by molar-refractivity contribution is -0.133. The summed E-state index contributed by atoms with van der Waals surface area (Å²) in [5, 5.41) is 0. The summed E-state index contributed by atoms with van der Waals surface area (Å²) in [6.45, 7) is 11.4. The molecule has 0 bridgehead atoms. The molecule has 0 saturated carbocycles. The predicted octanol–water partition coefficient (Wildman–Crippen LogP) is 1.58. The number of rotatable bonds is 4. The smallest absolute Gasteiger partial charge is 0.236 e. The van der Waals surface area contributed by atoms with Gasteiger partial charge < -0.3 is 9.80 Å². The summed E-state index contributed by atoms with van der Waals surface area (Å²) in [6, 6.07) is 4.31. The number of carbonyl (C=O) groups excluding carboxylic acids is 1. The normalized spacial score (nSPS) is 16.9. The van der Waals surface area contributed by atoms with Crippen LogP contribution < -0.4 is 0 Å². The molecular formula is C18H30N4O. The van der Waals surface area contributed by atoms with E-state index in [2.05, 4.69) is 42.8 Å². The van der Waals surface area contributed by atoms with E-state index < -0.39 is 0 Å². The fraction of sp³-hybridized carbons (Fsp3) is 0.667. The van der Waals surface area contributed by atoms with Gasteiger partial charge in [-0.2, -0.15) is 0 Å². The van der Waals surface area contributed by atoms with Crippen molar-refractivity contribution >= 4 is 5.91 Å². The lowest BCUT2D eigenvalue weighted by Gasteiger charge is -2.35. The third-order valence-electron chi connectivity index (χ3n) is 4.18. The molecule has 1 saturated heterocycles. The summed E-state index contributed by atoms with van der Waals surface area (Å²) in [4.78, 5) is 22.9. The number of hydrogen-bond acceptors (Lipinski definition) is 4. The average Bonchev–Trinajstić information content (AvgIpc) is 2.47. The first-order valence-electron chi connectivity index (χ1n) is 8.36. The van der Waals surface area contributed by atoms with Crippen LogP contribution in [0.25, 0.3) is 0 Å². The highest BCUT2D eigenvalue weighted by Gasteiger charge is 2.21. The number of nitrogens with zero attached hydrogens (tertiary/aromatic N) is 4. The molecule has 0 atom stereocenters. The Balaban J connectivity index is 1.83. The Morgan fingerprint density at radius 1 is 1.17 bits per heavy atom. The van der Waals surface area contributed by atoms with Crippen LogP contribution in [0.4, 0.5) is 0 Å². The molecule has 5 nitrogen and oxygen atoms in total. The summed E-state index contributed by atoms with van der Waals surface area (Å²) in [5.41, 5.74) is 2.46. The molecule has 1 aliphatic heterocycles. The van der Waals surface area contributed by atoms with Crippen LogP contribution in [0.5, 0.6) is 0 Å². The standard InChI is InChI=1S/C18H30N4O/c1-18(2,3)16-7-6-15(12-19-16)13-21-8-10-22(11-9-21)17(23)14-20(4)5/h6-7,12H,8-11,13-14H2,1-5H3. The Morgan fingerprint density at radius 3 is 2.30 bits per heavy atom. The Hall–Kier alpha value is -1.46. The van der Waals surface area contributed by atoms with E-state index >= 15 is 0 Å². The Kier molecular flexibility index (Phi) is 5.76. The van der Waals surface area contributed by atoms with E-state index in [1.165, 1.54) is 5.56 Å². The van der Waals surface area contributed by atoms with E-state index in [1.54, 1.807) is 0 Å². The van der Waals surface area contributed by atoms with Gasteiger partial charge in [-0.15, -0.1) is 0 Å². The maximum absolute atomic E-state index is 12.1. The van der Waals surface area contributed by atoms with E-state index in [0.29, 0.717) is 6.54 Å². The number of aromatic nitrogens is 1. The van der Waals surface area contributed by atoms with Crippen LogP contribution in [0.15, 0.2) is 18.3 Å². The number of pyridine rings is 1. The van der Waals surface area contributed by atoms with E-state index in [4.69, 9.17) is 0 Å². The minimum atomic E-state index is 0.0942. The molecule has 1 fully saturated rings. The Morgan fingerprint density at radius 2 is 1.83 bits per heavy atom. The number of amides is 1. The number of piperazine rings is 1. The van der Waals surface area contributed by atoms with E-state index in [0.717, 1.165) is 38.4 Å². The van der Waals surface area contributed by atoms with Crippen molar-refractivity contribution in [2.45, 2.75) is 32.7 Å². The second-order valence-corrected chi connectivity index (χ2v) is 7.70. The van der Waals surface area contributed by atoms with E-state index in [1.807, 2.05) is 30.1 Å². The van der Waals surface area contributed by atoms with Gasteiger partial charge in [0.1, 0.15) is 0 Å². The number of carbonyl (C=O) groups is 1. The van der Waals surface area contributed by atoms with Gasteiger partial charge >= 0.3 is 0 Å². The molecule has 1 aromatic rings. The average molecular weight is 318 g/mol. The van der Waals surface area contributed by atoms with Gasteiger partial charge in [0.2, 0.25) is 5.91 Å². The quantitative estimate of drug-likeness (QED) is 0.845. The van der Waals surface area contributed by atoms with Crippen LogP contribution in [-0.4, -0.2) is 72.4 Å². The van der Waals surface area contributed by atoms with Crippen LogP contribution in [0, 0.1) is 0 Å². The second-order valence-electron chi connectivity index (χ2n) is 7.70. The lowest BCUT2D eigenvalue weighted by atomic mass is 9.91. The highest BCUT2D eigenvalue weighted by Crippen LogP contribution is 2.20. The van der Waals surface area contributed by atoms with Crippen LogP contribution >= 0.6 is 0 Å². The topological polar surface area (TPSA) is 39.7 Å². The van der Waals surface area contributed by atoms with E-state index in [9.17, 15) is 4.79 Å². The summed E-state index contributed by atoms with van der Waals surface area (Å²) in [6.07, 6.45) is 1.99. The first-order chi connectivity index (χ1) is 10.8.